The molecule has 0 unspecified atom stereocenters. The number of nitrogens with zero attached hydrogens (tertiary/aromatic N) is 4. The number of amides is 1. The summed E-state index contributed by atoms with van der Waals surface area (Å²) in [5.74, 6) is -1.82. The minimum Gasteiger partial charge on any atom is -0.368 e. The van der Waals surface area contributed by atoms with Crippen LogP contribution in [0.5, 0.6) is 0 Å². The smallest absolute Gasteiger partial charge is 0.272 e. The Morgan fingerprint density at radius 2 is 1.97 bits per heavy atom. The topological polar surface area (TPSA) is 94.2 Å². The number of carbonyl (C=O) groups excluding carboxylic acids is 1. The highest BCUT2D eigenvalue weighted by Gasteiger charge is 2.22. The molecule has 1 fully saturated rings. The van der Waals surface area contributed by atoms with Gasteiger partial charge in [-0.2, -0.15) is 0 Å². The Balaban J connectivity index is 1.48. The van der Waals surface area contributed by atoms with Crippen LogP contribution in [-0.4, -0.2) is 59.0 Å². The van der Waals surface area contributed by atoms with Gasteiger partial charge in [0, 0.05) is 51.4 Å². The molecule has 32 heavy (non-hydrogen) atoms. The fourth-order valence-electron chi connectivity index (χ4n) is 3.72. The van der Waals surface area contributed by atoms with Crippen LogP contribution in [0.25, 0.3) is 11.0 Å². The number of benzene rings is 1. The summed E-state index contributed by atoms with van der Waals surface area (Å²) in [7, 11) is 1.41. The summed E-state index contributed by atoms with van der Waals surface area (Å²) in [6.45, 7) is 4.16. The fourth-order valence-corrected chi connectivity index (χ4v) is 3.99. The summed E-state index contributed by atoms with van der Waals surface area (Å²) < 4.78 is 29.3. The first-order valence-electron chi connectivity index (χ1n) is 10.0. The van der Waals surface area contributed by atoms with Crippen molar-refractivity contribution in [2.45, 2.75) is 13.5 Å². The van der Waals surface area contributed by atoms with E-state index < -0.39 is 23.1 Å². The van der Waals surface area contributed by atoms with Crippen molar-refractivity contribution in [1.82, 2.24) is 25.2 Å². The number of aromatic amines is 1. The van der Waals surface area contributed by atoms with Crippen LogP contribution in [0.2, 0.25) is 5.02 Å². The van der Waals surface area contributed by atoms with Crippen molar-refractivity contribution in [1.29, 1.82) is 0 Å². The molecule has 0 spiro atoms. The van der Waals surface area contributed by atoms with Crippen LogP contribution >= 0.6 is 11.6 Å². The van der Waals surface area contributed by atoms with E-state index in [1.807, 2.05) is 9.80 Å². The Hall–Kier alpha value is -3.11. The zero-order valence-electron chi connectivity index (χ0n) is 17.5. The first-order chi connectivity index (χ1) is 15.3. The van der Waals surface area contributed by atoms with E-state index in [9.17, 15) is 14.0 Å². The van der Waals surface area contributed by atoms with Gasteiger partial charge in [-0.3, -0.25) is 14.5 Å². The summed E-state index contributed by atoms with van der Waals surface area (Å²) in [6, 6.07) is 2.83. The molecule has 0 radical (unpaired) electrons. The average molecular weight is 463 g/mol. The Morgan fingerprint density at radius 1 is 1.25 bits per heavy atom. The predicted octanol–water partition coefficient (Wildman–Crippen LogP) is 2.24. The van der Waals surface area contributed by atoms with E-state index >= 15 is 4.39 Å². The molecule has 4 rings (SSSR count). The summed E-state index contributed by atoms with van der Waals surface area (Å²) in [5.41, 5.74) is 0.678. The van der Waals surface area contributed by atoms with Crippen LogP contribution in [0.1, 0.15) is 21.7 Å². The van der Waals surface area contributed by atoms with Crippen LogP contribution in [0, 0.1) is 18.6 Å². The monoisotopic (exact) mass is 462 g/mol. The highest BCUT2D eigenvalue weighted by molar-refractivity contribution is 6.35. The number of nitrogens with one attached hydrogen (secondary N) is 2. The van der Waals surface area contributed by atoms with Gasteiger partial charge in [-0.25, -0.2) is 18.7 Å². The third-order valence-corrected chi connectivity index (χ3v) is 5.80. The average Bonchev–Trinajstić information content (AvgIpc) is 2.78. The molecule has 11 heteroatoms. The number of rotatable bonds is 4. The molecule has 168 valence electrons. The number of hydrogen-bond acceptors (Lipinski definition) is 6. The third-order valence-electron chi connectivity index (χ3n) is 5.51. The molecule has 3 aromatic rings. The van der Waals surface area contributed by atoms with Crippen molar-refractivity contribution in [3.05, 3.63) is 62.3 Å². The predicted molar refractivity (Wildman–Crippen MR) is 117 cm³/mol. The number of carbonyl (C=O) groups is 1. The van der Waals surface area contributed by atoms with Gasteiger partial charge in [-0.15, -0.1) is 0 Å². The second kappa shape index (κ2) is 8.79. The molecule has 1 aliphatic heterocycles. The summed E-state index contributed by atoms with van der Waals surface area (Å²) >= 11 is 6.29. The van der Waals surface area contributed by atoms with Crippen molar-refractivity contribution in [3.8, 4) is 0 Å². The summed E-state index contributed by atoms with van der Waals surface area (Å²) in [4.78, 5) is 38.0. The normalized spacial score (nSPS) is 14.7. The number of H-pyrrole nitrogens is 1. The maximum absolute atomic E-state index is 15.0. The number of halogens is 3. The quantitative estimate of drug-likeness (QED) is 0.617. The molecule has 0 bridgehead atoms. The van der Waals surface area contributed by atoms with E-state index in [0.717, 1.165) is 0 Å². The van der Waals surface area contributed by atoms with E-state index in [4.69, 9.17) is 11.6 Å². The van der Waals surface area contributed by atoms with Crippen LogP contribution in [-0.2, 0) is 6.54 Å². The lowest BCUT2D eigenvalue weighted by Gasteiger charge is -2.36. The van der Waals surface area contributed by atoms with Crippen molar-refractivity contribution in [2.24, 2.45) is 0 Å². The highest BCUT2D eigenvalue weighted by Crippen LogP contribution is 2.27. The fraction of sp³-hybridized carbons (Fsp3) is 0.333. The van der Waals surface area contributed by atoms with Gasteiger partial charge in [0.25, 0.3) is 11.5 Å². The van der Waals surface area contributed by atoms with Gasteiger partial charge in [-0.1, -0.05) is 11.6 Å². The molecular weight excluding hydrogens is 442 g/mol. The maximum atomic E-state index is 15.0. The standard InChI is InChI=1S/C21H21ClF2N6O2/c1-11-20(31)28-19-16(24)12(7-14(22)17(19)27-11)10-29-3-5-30(6-4-29)13-8-15(23)18(26-9-13)21(32)25-2/h7-9H,3-6,10H2,1-2H3,(H,25,32)(H,28,31). The van der Waals surface area contributed by atoms with E-state index in [1.165, 1.54) is 32.3 Å². The molecule has 0 atom stereocenters. The molecule has 3 heterocycles. The molecule has 8 nitrogen and oxygen atoms in total. The first kappa shape index (κ1) is 22.1. The summed E-state index contributed by atoms with van der Waals surface area (Å²) in [5, 5.41) is 2.62. The van der Waals surface area contributed by atoms with Crippen LogP contribution in [0.15, 0.2) is 23.1 Å². The largest absolute Gasteiger partial charge is 0.368 e. The number of aromatic nitrogens is 3. The second-order valence-electron chi connectivity index (χ2n) is 7.57. The molecule has 2 N–H and O–H groups in total. The van der Waals surface area contributed by atoms with Gasteiger partial charge < -0.3 is 15.2 Å². The summed E-state index contributed by atoms with van der Waals surface area (Å²) in [6.07, 6.45) is 1.47. The van der Waals surface area contributed by atoms with E-state index in [1.54, 1.807) is 0 Å². The van der Waals surface area contributed by atoms with Crippen LogP contribution in [0.3, 0.4) is 0 Å². The zero-order chi connectivity index (χ0) is 23.0. The van der Waals surface area contributed by atoms with Crippen molar-refractivity contribution < 1.29 is 13.6 Å². The van der Waals surface area contributed by atoms with E-state index in [0.29, 0.717) is 44.0 Å². The van der Waals surface area contributed by atoms with Crippen LogP contribution in [0.4, 0.5) is 14.5 Å². The Bertz CT molecular complexity index is 1260. The van der Waals surface area contributed by atoms with Gasteiger partial charge in [-0.05, 0) is 13.0 Å². The lowest BCUT2D eigenvalue weighted by Crippen LogP contribution is -2.46. The van der Waals surface area contributed by atoms with E-state index in [2.05, 4.69) is 20.3 Å². The molecule has 0 aliphatic carbocycles. The maximum Gasteiger partial charge on any atom is 0.272 e. The number of hydrogen-bond donors (Lipinski definition) is 2. The molecule has 2 aromatic heterocycles. The number of anilines is 1. The van der Waals surface area contributed by atoms with Gasteiger partial charge in [0.1, 0.15) is 16.7 Å². The minimum atomic E-state index is -0.685. The Morgan fingerprint density at radius 3 is 2.62 bits per heavy atom. The highest BCUT2D eigenvalue weighted by atomic mass is 35.5. The lowest BCUT2D eigenvalue weighted by atomic mass is 10.1. The minimum absolute atomic E-state index is 0.000471. The van der Waals surface area contributed by atoms with Gasteiger partial charge in [0.15, 0.2) is 17.3 Å². The molecule has 1 saturated heterocycles. The number of aryl methyl sites for hydroxylation is 1. The number of pyridine rings is 1. The van der Waals surface area contributed by atoms with Crippen LogP contribution < -0.4 is 15.8 Å². The Labute approximate surface area is 187 Å². The number of fused-ring (bicyclic) bond motifs is 1. The molecule has 1 amide bonds. The SMILES string of the molecule is CNC(=O)c1ncc(N2CCN(Cc3cc(Cl)c4nc(C)c(=O)[nH]c4c3F)CC2)cc1F. The van der Waals surface area contributed by atoms with E-state index in [-0.39, 0.29) is 27.4 Å². The number of piperazine rings is 1. The molecule has 0 saturated carbocycles. The van der Waals surface area contributed by atoms with Crippen molar-refractivity contribution in [2.75, 3.05) is 38.1 Å². The zero-order valence-corrected chi connectivity index (χ0v) is 18.3. The van der Waals surface area contributed by atoms with Gasteiger partial charge in [0.2, 0.25) is 0 Å². The first-order valence-corrected chi connectivity index (χ1v) is 10.4. The third kappa shape index (κ3) is 4.15. The Kier molecular flexibility index (Phi) is 6.07. The van der Waals surface area contributed by atoms with Crippen molar-refractivity contribution in [3.63, 3.8) is 0 Å². The van der Waals surface area contributed by atoms with Crippen molar-refractivity contribution >= 4 is 34.2 Å². The molecular formula is C21H21ClF2N6O2. The van der Waals surface area contributed by atoms with Gasteiger partial charge in [0.05, 0.1) is 16.9 Å². The molecule has 1 aliphatic rings. The lowest BCUT2D eigenvalue weighted by molar-refractivity contribution is 0.0953. The van der Waals surface area contributed by atoms with Gasteiger partial charge >= 0.3 is 0 Å². The molecule has 1 aromatic carbocycles. The second-order valence-corrected chi connectivity index (χ2v) is 7.98.